The van der Waals surface area contributed by atoms with Crippen molar-refractivity contribution in [2.24, 2.45) is 0 Å². The van der Waals surface area contributed by atoms with Crippen LogP contribution in [0, 0.1) is 0 Å². The number of hydrogen-bond donors (Lipinski definition) is 0. The van der Waals surface area contributed by atoms with Gasteiger partial charge in [-0.15, -0.1) is 6.58 Å². The number of ether oxygens (including phenoxy) is 1. The molecule has 1 aliphatic rings. The Morgan fingerprint density at radius 3 is 2.47 bits per heavy atom. The first kappa shape index (κ1) is 14.1. The monoisotopic (exact) mass is 260 g/mol. The van der Waals surface area contributed by atoms with Gasteiger partial charge in [0.1, 0.15) is 5.75 Å². The van der Waals surface area contributed by atoms with E-state index in [2.05, 4.69) is 28.5 Å². The summed E-state index contributed by atoms with van der Waals surface area (Å²) >= 11 is 0. The number of methoxy groups -OCH3 is 1. The van der Waals surface area contributed by atoms with Gasteiger partial charge in [-0.05, 0) is 37.2 Å². The molecular weight excluding hydrogens is 236 g/mol. The van der Waals surface area contributed by atoms with Crippen LogP contribution in [0.25, 0.3) is 0 Å². The molecule has 0 atom stereocenters. The molecule has 0 aliphatic carbocycles. The lowest BCUT2D eigenvalue weighted by molar-refractivity contribution is 0.262. The molecule has 3 nitrogen and oxygen atoms in total. The lowest BCUT2D eigenvalue weighted by Crippen LogP contribution is -2.30. The van der Waals surface area contributed by atoms with Gasteiger partial charge in [-0.1, -0.05) is 18.2 Å². The quantitative estimate of drug-likeness (QED) is 0.756. The van der Waals surface area contributed by atoms with Crippen molar-refractivity contribution in [2.75, 3.05) is 39.8 Å². The predicted octanol–water partition coefficient (Wildman–Crippen LogP) is 2.39. The number of benzene rings is 1. The molecule has 0 amide bonds. The minimum atomic E-state index is 0.928. The van der Waals surface area contributed by atoms with E-state index in [4.69, 9.17) is 4.74 Å². The predicted molar refractivity (Wildman–Crippen MR) is 79.5 cm³/mol. The smallest absolute Gasteiger partial charge is 0.118 e. The molecule has 19 heavy (non-hydrogen) atoms. The van der Waals surface area contributed by atoms with Crippen LogP contribution in [-0.4, -0.2) is 49.6 Å². The second kappa shape index (κ2) is 7.31. The topological polar surface area (TPSA) is 15.7 Å². The summed E-state index contributed by atoms with van der Waals surface area (Å²) in [6.45, 7) is 10.5. The third-order valence-corrected chi connectivity index (χ3v) is 3.63. The van der Waals surface area contributed by atoms with E-state index in [9.17, 15) is 0 Å². The van der Waals surface area contributed by atoms with Crippen LogP contribution in [-0.2, 0) is 6.54 Å². The van der Waals surface area contributed by atoms with Crippen molar-refractivity contribution in [3.05, 3.63) is 42.5 Å². The summed E-state index contributed by atoms with van der Waals surface area (Å²) in [6.07, 6.45) is 3.24. The SMILES string of the molecule is C=CCN1CCCN(Cc2ccc(OC)cc2)CC1. The summed E-state index contributed by atoms with van der Waals surface area (Å²) in [5.74, 6) is 0.928. The maximum atomic E-state index is 5.19. The van der Waals surface area contributed by atoms with E-state index in [0.717, 1.165) is 31.9 Å². The van der Waals surface area contributed by atoms with Crippen molar-refractivity contribution in [1.29, 1.82) is 0 Å². The van der Waals surface area contributed by atoms with Gasteiger partial charge in [-0.2, -0.15) is 0 Å². The third kappa shape index (κ3) is 4.37. The third-order valence-electron chi connectivity index (χ3n) is 3.63. The minimum Gasteiger partial charge on any atom is -0.497 e. The summed E-state index contributed by atoms with van der Waals surface area (Å²) in [6, 6.07) is 8.39. The molecule has 0 N–H and O–H groups in total. The Balaban J connectivity index is 1.86. The molecule has 2 rings (SSSR count). The molecule has 0 radical (unpaired) electrons. The van der Waals surface area contributed by atoms with E-state index in [0.29, 0.717) is 0 Å². The van der Waals surface area contributed by atoms with E-state index in [1.807, 2.05) is 18.2 Å². The average molecular weight is 260 g/mol. The average Bonchev–Trinajstić information content (AvgIpc) is 2.66. The fourth-order valence-corrected chi connectivity index (χ4v) is 2.54. The van der Waals surface area contributed by atoms with Gasteiger partial charge in [0, 0.05) is 26.2 Å². The van der Waals surface area contributed by atoms with Crippen LogP contribution in [0.4, 0.5) is 0 Å². The van der Waals surface area contributed by atoms with Gasteiger partial charge in [0.25, 0.3) is 0 Å². The van der Waals surface area contributed by atoms with E-state index in [1.54, 1.807) is 7.11 Å². The van der Waals surface area contributed by atoms with Crippen LogP contribution in [0.3, 0.4) is 0 Å². The molecule has 1 aliphatic heterocycles. The fourth-order valence-electron chi connectivity index (χ4n) is 2.54. The number of rotatable bonds is 5. The molecule has 0 bridgehead atoms. The zero-order valence-corrected chi connectivity index (χ0v) is 11.8. The van der Waals surface area contributed by atoms with Gasteiger partial charge in [0.05, 0.1) is 7.11 Å². The summed E-state index contributed by atoms with van der Waals surface area (Å²) in [4.78, 5) is 5.01. The Bertz CT molecular complexity index is 388. The van der Waals surface area contributed by atoms with E-state index in [-0.39, 0.29) is 0 Å². The van der Waals surface area contributed by atoms with E-state index in [1.165, 1.54) is 25.1 Å². The van der Waals surface area contributed by atoms with Gasteiger partial charge in [-0.25, -0.2) is 0 Å². The van der Waals surface area contributed by atoms with Gasteiger partial charge >= 0.3 is 0 Å². The lowest BCUT2D eigenvalue weighted by Gasteiger charge is -2.21. The molecule has 0 aromatic heterocycles. The van der Waals surface area contributed by atoms with Gasteiger partial charge in [-0.3, -0.25) is 9.80 Å². The van der Waals surface area contributed by atoms with Crippen molar-refractivity contribution < 1.29 is 4.74 Å². The molecule has 0 spiro atoms. The Hall–Kier alpha value is -1.32. The first-order valence-corrected chi connectivity index (χ1v) is 7.00. The second-order valence-electron chi connectivity index (χ2n) is 5.07. The molecule has 1 aromatic carbocycles. The summed E-state index contributed by atoms with van der Waals surface area (Å²) in [5, 5.41) is 0. The molecule has 0 saturated carbocycles. The van der Waals surface area contributed by atoms with Gasteiger partial charge < -0.3 is 4.74 Å². The lowest BCUT2D eigenvalue weighted by atomic mass is 10.2. The molecule has 3 heteroatoms. The zero-order valence-electron chi connectivity index (χ0n) is 11.8. The van der Waals surface area contributed by atoms with Gasteiger partial charge in [0.15, 0.2) is 0 Å². The summed E-state index contributed by atoms with van der Waals surface area (Å²) in [7, 11) is 1.71. The molecule has 0 unspecified atom stereocenters. The zero-order chi connectivity index (χ0) is 13.5. The van der Waals surface area contributed by atoms with Crippen molar-refractivity contribution >= 4 is 0 Å². The highest BCUT2D eigenvalue weighted by atomic mass is 16.5. The Labute approximate surface area is 116 Å². The number of nitrogens with zero attached hydrogens (tertiary/aromatic N) is 2. The van der Waals surface area contributed by atoms with Crippen LogP contribution in [0.1, 0.15) is 12.0 Å². The van der Waals surface area contributed by atoms with Crippen molar-refractivity contribution in [3.63, 3.8) is 0 Å². The highest BCUT2D eigenvalue weighted by Gasteiger charge is 2.13. The van der Waals surface area contributed by atoms with Crippen molar-refractivity contribution in [3.8, 4) is 5.75 Å². The van der Waals surface area contributed by atoms with Crippen LogP contribution in [0.5, 0.6) is 5.75 Å². The highest BCUT2D eigenvalue weighted by Crippen LogP contribution is 2.14. The summed E-state index contributed by atoms with van der Waals surface area (Å²) in [5.41, 5.74) is 1.36. The van der Waals surface area contributed by atoms with Crippen LogP contribution in [0.2, 0.25) is 0 Å². The fraction of sp³-hybridized carbons (Fsp3) is 0.500. The van der Waals surface area contributed by atoms with Gasteiger partial charge in [0.2, 0.25) is 0 Å². The first-order valence-electron chi connectivity index (χ1n) is 7.00. The first-order chi connectivity index (χ1) is 9.31. The molecular formula is C16H24N2O. The van der Waals surface area contributed by atoms with Crippen molar-refractivity contribution in [1.82, 2.24) is 9.80 Å². The Morgan fingerprint density at radius 1 is 1.11 bits per heavy atom. The molecule has 1 saturated heterocycles. The van der Waals surface area contributed by atoms with Crippen LogP contribution < -0.4 is 4.74 Å². The van der Waals surface area contributed by atoms with Crippen LogP contribution >= 0.6 is 0 Å². The van der Waals surface area contributed by atoms with E-state index >= 15 is 0 Å². The molecule has 104 valence electrons. The molecule has 1 heterocycles. The Kier molecular flexibility index (Phi) is 5.43. The normalized spacial score (nSPS) is 17.9. The molecule has 1 fully saturated rings. The maximum Gasteiger partial charge on any atom is 0.118 e. The standard InChI is InChI=1S/C16H24N2O/c1-3-9-17-10-4-11-18(13-12-17)14-15-5-7-16(19-2)8-6-15/h3,5-8H,1,4,9-14H2,2H3. The summed E-state index contributed by atoms with van der Waals surface area (Å²) < 4.78 is 5.19. The maximum absolute atomic E-state index is 5.19. The minimum absolute atomic E-state index is 0.928. The second-order valence-corrected chi connectivity index (χ2v) is 5.07. The number of hydrogen-bond acceptors (Lipinski definition) is 3. The van der Waals surface area contributed by atoms with Crippen molar-refractivity contribution in [2.45, 2.75) is 13.0 Å². The Morgan fingerprint density at radius 2 is 1.79 bits per heavy atom. The largest absolute Gasteiger partial charge is 0.497 e. The highest BCUT2D eigenvalue weighted by molar-refractivity contribution is 5.27. The van der Waals surface area contributed by atoms with Crippen LogP contribution in [0.15, 0.2) is 36.9 Å². The van der Waals surface area contributed by atoms with E-state index < -0.39 is 0 Å². The molecule has 1 aromatic rings.